The zero-order chi connectivity index (χ0) is 7.11. The molecule has 0 spiro atoms. The van der Waals surface area contributed by atoms with E-state index in [1.54, 1.807) is 0 Å². The Morgan fingerprint density at radius 3 is 2.78 bits per heavy atom. The lowest BCUT2D eigenvalue weighted by molar-refractivity contribution is 0.177. The summed E-state index contributed by atoms with van der Waals surface area (Å²) in [5, 5.41) is 3.00. The maximum Gasteiger partial charge on any atom is 0.0666 e. The van der Waals surface area contributed by atoms with E-state index in [-0.39, 0.29) is 0 Å². The predicted octanol–water partition coefficient (Wildman–Crippen LogP) is 1.15. The first-order chi connectivity index (χ1) is 4.31. The second kappa shape index (κ2) is 5.63. The van der Waals surface area contributed by atoms with Crippen molar-refractivity contribution >= 4 is 0 Å². The van der Waals surface area contributed by atoms with Crippen LogP contribution in [0.2, 0.25) is 0 Å². The first kappa shape index (κ1) is 8.50. The highest BCUT2D eigenvalue weighted by Crippen LogP contribution is 1.83. The lowest BCUT2D eigenvalue weighted by Crippen LogP contribution is -2.03. The van der Waals surface area contributed by atoms with Gasteiger partial charge in [-0.25, -0.2) is 0 Å². The second-order valence-corrected chi connectivity index (χ2v) is 1.80. The van der Waals surface area contributed by atoms with E-state index >= 15 is 0 Å². The predicted molar refractivity (Wildman–Crippen MR) is 39.3 cm³/mol. The summed E-state index contributed by atoms with van der Waals surface area (Å²) in [4.78, 5) is 0. The molecule has 9 heavy (non-hydrogen) atoms. The van der Waals surface area contributed by atoms with E-state index in [4.69, 9.17) is 4.74 Å². The van der Waals surface area contributed by atoms with Crippen molar-refractivity contribution in [2.75, 3.05) is 20.3 Å². The number of ether oxygens (including phenoxy) is 1. The molecule has 0 aromatic heterocycles. The third-order valence-electron chi connectivity index (χ3n) is 1.11. The van der Waals surface area contributed by atoms with E-state index in [1.807, 2.05) is 27.0 Å². The summed E-state index contributed by atoms with van der Waals surface area (Å²) < 4.78 is 5.09. The Morgan fingerprint density at radius 1 is 1.67 bits per heavy atom. The average Bonchev–Trinajstić information content (AvgIpc) is 1.89. The Labute approximate surface area is 56.9 Å². The minimum atomic E-state index is 0.711. The Balaban J connectivity index is 3.21. The molecule has 2 nitrogen and oxygen atoms in total. The van der Waals surface area contributed by atoms with Crippen LogP contribution in [0.3, 0.4) is 0 Å². The van der Waals surface area contributed by atoms with Gasteiger partial charge >= 0.3 is 0 Å². The lowest BCUT2D eigenvalue weighted by Gasteiger charge is -1.98. The van der Waals surface area contributed by atoms with Gasteiger partial charge in [-0.1, -0.05) is 0 Å². The minimum absolute atomic E-state index is 0.711. The van der Waals surface area contributed by atoms with Crippen LogP contribution in [-0.4, -0.2) is 20.3 Å². The molecule has 0 atom stereocenters. The highest BCUT2D eigenvalue weighted by molar-refractivity contribution is 4.93. The highest BCUT2D eigenvalue weighted by atomic mass is 16.5. The van der Waals surface area contributed by atoms with Gasteiger partial charge in [-0.15, -0.1) is 0 Å². The first-order valence-electron chi connectivity index (χ1n) is 3.23. The maximum atomic E-state index is 5.09. The molecule has 0 aromatic rings. The van der Waals surface area contributed by atoms with Crippen LogP contribution in [-0.2, 0) is 4.74 Å². The van der Waals surface area contributed by atoms with Crippen molar-refractivity contribution < 1.29 is 4.74 Å². The second-order valence-electron chi connectivity index (χ2n) is 1.80. The zero-order valence-electron chi connectivity index (χ0n) is 6.40. The fourth-order valence-electron chi connectivity index (χ4n) is 0.404. The fourth-order valence-corrected chi connectivity index (χ4v) is 0.404. The molecule has 0 saturated carbocycles. The van der Waals surface area contributed by atoms with E-state index in [9.17, 15) is 0 Å². The Hall–Kier alpha value is -0.500. The first-order valence-corrected chi connectivity index (χ1v) is 3.23. The Kier molecular flexibility index (Phi) is 5.32. The largest absolute Gasteiger partial charge is 0.392 e. The van der Waals surface area contributed by atoms with Crippen molar-refractivity contribution in [3.63, 3.8) is 0 Å². The molecule has 54 valence electrons. The third-order valence-corrected chi connectivity index (χ3v) is 1.11. The standard InChI is InChI=1S/C7H15NO/c1-4-9-6-5-7(2)8-3/h5,8H,4,6H2,1-3H3/b7-5-. The van der Waals surface area contributed by atoms with Crippen LogP contribution >= 0.6 is 0 Å². The van der Waals surface area contributed by atoms with Crippen LogP contribution in [0.4, 0.5) is 0 Å². The summed E-state index contributed by atoms with van der Waals surface area (Å²) in [6.45, 7) is 5.50. The van der Waals surface area contributed by atoms with Gasteiger partial charge in [0.25, 0.3) is 0 Å². The van der Waals surface area contributed by atoms with E-state index in [1.165, 1.54) is 0 Å². The summed E-state index contributed by atoms with van der Waals surface area (Å²) in [7, 11) is 1.90. The Morgan fingerprint density at radius 2 is 2.33 bits per heavy atom. The summed E-state index contributed by atoms with van der Waals surface area (Å²) in [6.07, 6.45) is 2.02. The van der Waals surface area contributed by atoms with Gasteiger partial charge in [0.05, 0.1) is 6.61 Å². The van der Waals surface area contributed by atoms with Gasteiger partial charge < -0.3 is 10.1 Å². The summed E-state index contributed by atoms with van der Waals surface area (Å²) >= 11 is 0. The van der Waals surface area contributed by atoms with E-state index in [0.29, 0.717) is 6.61 Å². The molecule has 0 aliphatic carbocycles. The van der Waals surface area contributed by atoms with Crippen LogP contribution in [0.15, 0.2) is 11.8 Å². The number of hydrogen-bond donors (Lipinski definition) is 1. The Bertz CT molecular complexity index is 88.9. The number of nitrogens with one attached hydrogen (secondary N) is 1. The van der Waals surface area contributed by atoms with Gasteiger partial charge in [0.1, 0.15) is 0 Å². The van der Waals surface area contributed by atoms with Crippen LogP contribution in [0, 0.1) is 0 Å². The molecule has 0 unspecified atom stereocenters. The van der Waals surface area contributed by atoms with Gasteiger partial charge in [-0.3, -0.25) is 0 Å². The molecule has 2 heteroatoms. The molecule has 1 N–H and O–H groups in total. The van der Waals surface area contributed by atoms with E-state index in [2.05, 4.69) is 5.32 Å². The smallest absolute Gasteiger partial charge is 0.0666 e. The van der Waals surface area contributed by atoms with Crippen molar-refractivity contribution in [1.82, 2.24) is 5.32 Å². The molecule has 0 rings (SSSR count). The van der Waals surface area contributed by atoms with Crippen molar-refractivity contribution in [2.45, 2.75) is 13.8 Å². The number of rotatable bonds is 4. The lowest BCUT2D eigenvalue weighted by atomic mass is 10.4. The van der Waals surface area contributed by atoms with Crippen molar-refractivity contribution in [3.05, 3.63) is 11.8 Å². The van der Waals surface area contributed by atoms with Crippen molar-refractivity contribution in [2.24, 2.45) is 0 Å². The SMILES string of the molecule is CCOC/C=C(/C)NC. The van der Waals surface area contributed by atoms with E-state index in [0.717, 1.165) is 12.3 Å². The number of hydrogen-bond acceptors (Lipinski definition) is 2. The van der Waals surface area contributed by atoms with Gasteiger partial charge in [0.2, 0.25) is 0 Å². The van der Waals surface area contributed by atoms with Crippen LogP contribution < -0.4 is 5.32 Å². The molecule has 0 heterocycles. The highest BCUT2D eigenvalue weighted by Gasteiger charge is 1.80. The van der Waals surface area contributed by atoms with Gasteiger partial charge in [0, 0.05) is 19.4 Å². The monoisotopic (exact) mass is 129 g/mol. The molecule has 0 amide bonds. The molecule has 0 aliphatic heterocycles. The van der Waals surface area contributed by atoms with E-state index < -0.39 is 0 Å². The molecule has 0 aromatic carbocycles. The normalized spacial score (nSPS) is 11.7. The molecular weight excluding hydrogens is 114 g/mol. The summed E-state index contributed by atoms with van der Waals surface area (Å²) in [5.74, 6) is 0. The van der Waals surface area contributed by atoms with Crippen molar-refractivity contribution in [1.29, 1.82) is 0 Å². The molecule has 0 saturated heterocycles. The zero-order valence-corrected chi connectivity index (χ0v) is 6.40. The molecule has 0 bridgehead atoms. The molecular formula is C7H15NO. The van der Waals surface area contributed by atoms with Gasteiger partial charge in [0.15, 0.2) is 0 Å². The molecule has 0 aliphatic rings. The van der Waals surface area contributed by atoms with Crippen molar-refractivity contribution in [3.8, 4) is 0 Å². The maximum absolute atomic E-state index is 5.09. The topological polar surface area (TPSA) is 21.3 Å². The van der Waals surface area contributed by atoms with Gasteiger partial charge in [-0.05, 0) is 19.9 Å². The molecule has 0 radical (unpaired) electrons. The summed E-state index contributed by atoms with van der Waals surface area (Å²) in [6, 6.07) is 0. The van der Waals surface area contributed by atoms with Crippen LogP contribution in [0.25, 0.3) is 0 Å². The number of allylic oxidation sites excluding steroid dienone is 1. The third kappa shape index (κ3) is 5.37. The molecule has 0 fully saturated rings. The quantitative estimate of drug-likeness (QED) is 0.575. The minimum Gasteiger partial charge on any atom is -0.392 e. The van der Waals surface area contributed by atoms with Crippen LogP contribution in [0.1, 0.15) is 13.8 Å². The van der Waals surface area contributed by atoms with Gasteiger partial charge in [-0.2, -0.15) is 0 Å². The average molecular weight is 129 g/mol. The van der Waals surface area contributed by atoms with Crippen LogP contribution in [0.5, 0.6) is 0 Å². The fraction of sp³-hybridized carbons (Fsp3) is 0.714. The summed E-state index contributed by atoms with van der Waals surface area (Å²) in [5.41, 5.74) is 1.16.